The van der Waals surface area contributed by atoms with E-state index in [0.29, 0.717) is 21.5 Å². The third-order valence-corrected chi connectivity index (χ3v) is 4.69. The van der Waals surface area contributed by atoms with Crippen molar-refractivity contribution in [3.8, 4) is 0 Å². The van der Waals surface area contributed by atoms with E-state index in [1.54, 1.807) is 24.3 Å². The molecule has 5 heteroatoms. The molecule has 0 fully saturated rings. The van der Waals surface area contributed by atoms with Crippen LogP contribution in [0.4, 0.5) is 0 Å². The Morgan fingerprint density at radius 2 is 1.74 bits per heavy atom. The first kappa shape index (κ1) is 15.4. The molecule has 1 N–H and O–H groups in total. The van der Waals surface area contributed by atoms with E-state index in [2.05, 4.69) is 22.6 Å². The van der Waals surface area contributed by atoms with Crippen molar-refractivity contribution in [1.29, 1.82) is 0 Å². The summed E-state index contributed by atoms with van der Waals surface area (Å²) in [6, 6.07) is 10.8. The lowest BCUT2D eigenvalue weighted by molar-refractivity contribution is 0.177. The van der Waals surface area contributed by atoms with Crippen LogP contribution in [0.15, 0.2) is 36.4 Å². The fourth-order valence-corrected chi connectivity index (χ4v) is 2.97. The smallest absolute Gasteiger partial charge is 0.0841 e. The normalized spacial score (nSPS) is 12.5. The number of hydrogen-bond donors (Lipinski definition) is 1. The van der Waals surface area contributed by atoms with E-state index >= 15 is 0 Å². The Hall–Kier alpha value is -0.000000000000000111. The van der Waals surface area contributed by atoms with Gasteiger partial charge in [-0.1, -0.05) is 40.9 Å². The number of aliphatic hydroxyl groups excluding tert-OH is 1. The van der Waals surface area contributed by atoms with Crippen LogP contribution in [-0.4, -0.2) is 5.11 Å². The highest BCUT2D eigenvalue weighted by Gasteiger charge is 2.13. The Morgan fingerprint density at radius 3 is 2.42 bits per heavy atom. The summed E-state index contributed by atoms with van der Waals surface area (Å²) >= 11 is 20.0. The van der Waals surface area contributed by atoms with Crippen LogP contribution < -0.4 is 0 Å². The van der Waals surface area contributed by atoms with Gasteiger partial charge in [0.15, 0.2) is 0 Å². The maximum absolute atomic E-state index is 10.3. The van der Waals surface area contributed by atoms with Crippen LogP contribution in [0, 0.1) is 3.57 Å². The summed E-state index contributed by atoms with van der Waals surface area (Å²) in [5, 5.41) is 11.9. The van der Waals surface area contributed by atoms with Gasteiger partial charge >= 0.3 is 0 Å². The summed E-state index contributed by atoms with van der Waals surface area (Å²) < 4.78 is 0.981. The van der Waals surface area contributed by atoms with Gasteiger partial charge in [-0.15, -0.1) is 0 Å². The Balaban J connectivity index is 2.22. The third kappa shape index (κ3) is 3.99. The van der Waals surface area contributed by atoms with Gasteiger partial charge < -0.3 is 5.11 Å². The molecule has 2 rings (SSSR count). The third-order valence-electron chi connectivity index (χ3n) is 2.73. The van der Waals surface area contributed by atoms with Crippen LogP contribution in [0.2, 0.25) is 15.1 Å². The average molecular weight is 427 g/mol. The van der Waals surface area contributed by atoms with E-state index < -0.39 is 6.10 Å². The van der Waals surface area contributed by atoms with Crippen molar-refractivity contribution in [3.05, 3.63) is 66.2 Å². The zero-order valence-electron chi connectivity index (χ0n) is 9.71. The SMILES string of the molecule is OC(Cc1ccc(Cl)c(Cl)c1)c1cc(Cl)ccc1I. The zero-order valence-corrected chi connectivity index (χ0v) is 14.1. The molecule has 0 aliphatic heterocycles. The molecule has 0 heterocycles. The molecule has 0 aliphatic carbocycles. The number of rotatable bonds is 3. The Kier molecular flexibility index (Phi) is 5.37. The predicted octanol–water partition coefficient (Wildman–Crippen LogP) is 5.53. The van der Waals surface area contributed by atoms with Gasteiger partial charge in [-0.25, -0.2) is 0 Å². The number of aliphatic hydroxyl groups is 1. The molecule has 0 radical (unpaired) electrons. The lowest BCUT2D eigenvalue weighted by Crippen LogP contribution is -2.04. The molecule has 0 aromatic heterocycles. The monoisotopic (exact) mass is 426 g/mol. The summed E-state index contributed by atoms with van der Waals surface area (Å²) in [5.74, 6) is 0. The first-order chi connectivity index (χ1) is 8.97. The summed E-state index contributed by atoms with van der Waals surface area (Å²) in [7, 11) is 0. The number of benzene rings is 2. The van der Waals surface area contributed by atoms with E-state index in [9.17, 15) is 5.11 Å². The molecule has 0 amide bonds. The summed E-state index contributed by atoms with van der Waals surface area (Å²) in [6.07, 6.45) is -0.157. The van der Waals surface area contributed by atoms with E-state index in [-0.39, 0.29) is 0 Å². The standard InChI is InChI=1S/C14H10Cl3IO/c15-9-2-4-13(18)10(7-9)14(19)6-8-1-3-11(16)12(17)5-8/h1-5,7,14,19H,6H2. The van der Waals surface area contributed by atoms with Crippen LogP contribution in [0.5, 0.6) is 0 Å². The van der Waals surface area contributed by atoms with Gasteiger partial charge in [-0.3, -0.25) is 0 Å². The molecule has 1 atom stereocenters. The second-order valence-corrected chi connectivity index (χ2v) is 6.55. The zero-order chi connectivity index (χ0) is 14.0. The molecule has 2 aromatic carbocycles. The van der Waals surface area contributed by atoms with E-state index in [1.165, 1.54) is 0 Å². The van der Waals surface area contributed by atoms with Gasteiger partial charge in [0, 0.05) is 15.0 Å². The minimum Gasteiger partial charge on any atom is -0.388 e. The van der Waals surface area contributed by atoms with Gasteiger partial charge in [0.2, 0.25) is 0 Å². The topological polar surface area (TPSA) is 20.2 Å². The highest BCUT2D eigenvalue weighted by Crippen LogP contribution is 2.28. The Morgan fingerprint density at radius 1 is 1.00 bits per heavy atom. The van der Waals surface area contributed by atoms with Gasteiger partial charge in [-0.2, -0.15) is 0 Å². The van der Waals surface area contributed by atoms with Crippen molar-refractivity contribution < 1.29 is 5.11 Å². The quantitative estimate of drug-likeness (QED) is 0.639. The van der Waals surface area contributed by atoms with Crippen molar-refractivity contribution in [2.75, 3.05) is 0 Å². The van der Waals surface area contributed by atoms with Crippen molar-refractivity contribution in [1.82, 2.24) is 0 Å². The second kappa shape index (κ2) is 6.64. The summed E-state index contributed by atoms with van der Waals surface area (Å²) in [5.41, 5.74) is 1.75. The summed E-state index contributed by atoms with van der Waals surface area (Å²) in [4.78, 5) is 0. The van der Waals surface area contributed by atoms with E-state index in [4.69, 9.17) is 34.8 Å². The largest absolute Gasteiger partial charge is 0.388 e. The average Bonchev–Trinajstić information content (AvgIpc) is 2.36. The molecule has 0 spiro atoms. The molecule has 19 heavy (non-hydrogen) atoms. The lowest BCUT2D eigenvalue weighted by atomic mass is 10.0. The van der Waals surface area contributed by atoms with Crippen molar-refractivity contribution >= 4 is 57.4 Å². The van der Waals surface area contributed by atoms with Crippen molar-refractivity contribution in [2.24, 2.45) is 0 Å². The molecule has 2 aromatic rings. The minimum atomic E-state index is -0.622. The predicted molar refractivity (Wildman–Crippen MR) is 89.3 cm³/mol. The first-order valence-electron chi connectivity index (χ1n) is 5.54. The van der Waals surface area contributed by atoms with Crippen LogP contribution in [0.25, 0.3) is 0 Å². The van der Waals surface area contributed by atoms with E-state index in [0.717, 1.165) is 14.7 Å². The van der Waals surface area contributed by atoms with Gasteiger partial charge in [0.25, 0.3) is 0 Å². The fourth-order valence-electron chi connectivity index (χ4n) is 1.77. The van der Waals surface area contributed by atoms with Crippen LogP contribution in [-0.2, 0) is 6.42 Å². The van der Waals surface area contributed by atoms with Gasteiger partial charge in [0.1, 0.15) is 0 Å². The van der Waals surface area contributed by atoms with Crippen molar-refractivity contribution in [2.45, 2.75) is 12.5 Å². The molecular weight excluding hydrogens is 417 g/mol. The highest BCUT2D eigenvalue weighted by molar-refractivity contribution is 14.1. The Labute approximate surface area is 140 Å². The highest BCUT2D eigenvalue weighted by atomic mass is 127. The van der Waals surface area contributed by atoms with Crippen LogP contribution in [0.3, 0.4) is 0 Å². The number of hydrogen-bond acceptors (Lipinski definition) is 1. The second-order valence-electron chi connectivity index (χ2n) is 4.13. The maximum atomic E-state index is 10.3. The maximum Gasteiger partial charge on any atom is 0.0841 e. The van der Waals surface area contributed by atoms with Gasteiger partial charge in [-0.05, 0) is 64.0 Å². The molecule has 1 nitrogen and oxygen atoms in total. The van der Waals surface area contributed by atoms with Crippen LogP contribution in [0.1, 0.15) is 17.2 Å². The summed E-state index contributed by atoms with van der Waals surface area (Å²) in [6.45, 7) is 0. The van der Waals surface area contributed by atoms with E-state index in [1.807, 2.05) is 12.1 Å². The first-order valence-corrected chi connectivity index (χ1v) is 7.75. The molecule has 0 saturated carbocycles. The molecule has 100 valence electrons. The molecular formula is C14H10Cl3IO. The van der Waals surface area contributed by atoms with Crippen LogP contribution >= 0.6 is 57.4 Å². The lowest BCUT2D eigenvalue weighted by Gasteiger charge is -2.14. The molecule has 0 saturated heterocycles. The molecule has 0 aliphatic rings. The molecule has 1 unspecified atom stereocenters. The fraction of sp³-hybridized carbons (Fsp3) is 0.143. The minimum absolute atomic E-state index is 0.466. The number of halogens is 4. The Bertz CT molecular complexity index is 601. The van der Waals surface area contributed by atoms with Gasteiger partial charge in [0.05, 0.1) is 16.1 Å². The molecule has 0 bridgehead atoms. The van der Waals surface area contributed by atoms with Crippen molar-refractivity contribution in [3.63, 3.8) is 0 Å².